The molecule has 0 spiro atoms. The Hall–Kier alpha value is -1.98. The Morgan fingerprint density at radius 1 is 1.22 bits per heavy atom. The fourth-order valence-corrected chi connectivity index (χ4v) is 2.92. The summed E-state index contributed by atoms with van der Waals surface area (Å²) in [6, 6.07) is 9.24. The molecule has 0 bridgehead atoms. The summed E-state index contributed by atoms with van der Waals surface area (Å²) >= 11 is 6.36. The molecule has 1 aliphatic rings. The van der Waals surface area contributed by atoms with Gasteiger partial charge in [-0.2, -0.15) is 0 Å². The quantitative estimate of drug-likeness (QED) is 0.911. The van der Waals surface area contributed by atoms with Gasteiger partial charge >= 0.3 is 0 Å². The van der Waals surface area contributed by atoms with Crippen molar-refractivity contribution in [3.05, 3.63) is 47.4 Å². The smallest absolute Gasteiger partial charge is 0.224 e. The van der Waals surface area contributed by atoms with Gasteiger partial charge in [0.05, 0.1) is 35.9 Å². The van der Waals surface area contributed by atoms with Crippen LogP contribution in [0.1, 0.15) is 12.2 Å². The van der Waals surface area contributed by atoms with Crippen LogP contribution in [0.25, 0.3) is 0 Å². The number of nitrogens with zero attached hydrogens (tertiary/aromatic N) is 1. The van der Waals surface area contributed by atoms with Crippen molar-refractivity contribution < 1.29 is 13.9 Å². The van der Waals surface area contributed by atoms with Crippen LogP contribution in [0.5, 0.6) is 0 Å². The lowest BCUT2D eigenvalue weighted by atomic mass is 10.2. The van der Waals surface area contributed by atoms with E-state index in [0.29, 0.717) is 31.1 Å². The first-order valence-corrected chi connectivity index (χ1v) is 8.05. The van der Waals surface area contributed by atoms with E-state index in [1.165, 1.54) is 0 Å². The Bertz CT molecular complexity index is 652. The highest BCUT2D eigenvalue weighted by atomic mass is 35.5. The number of hydrogen-bond acceptors (Lipinski definition) is 4. The maximum atomic E-state index is 12.2. The zero-order valence-electron chi connectivity index (χ0n) is 12.8. The number of rotatable bonds is 5. The number of carbonyl (C=O) groups excluding carboxylic acids is 1. The summed E-state index contributed by atoms with van der Waals surface area (Å²) in [4.78, 5) is 14.4. The Morgan fingerprint density at radius 2 is 2.04 bits per heavy atom. The first kappa shape index (κ1) is 15.9. The third kappa shape index (κ3) is 4.06. The molecule has 0 radical (unpaired) electrons. The molecule has 5 nitrogen and oxygen atoms in total. The van der Waals surface area contributed by atoms with Crippen molar-refractivity contribution in [3.8, 4) is 0 Å². The van der Waals surface area contributed by atoms with Crippen LogP contribution in [0.2, 0.25) is 5.02 Å². The van der Waals surface area contributed by atoms with E-state index >= 15 is 0 Å². The second-order valence-corrected chi connectivity index (χ2v) is 5.77. The minimum Gasteiger partial charge on any atom is -0.469 e. The molecule has 6 heteroatoms. The molecule has 1 fully saturated rings. The molecule has 2 heterocycles. The number of aryl methyl sites for hydroxylation is 1. The van der Waals surface area contributed by atoms with Crippen LogP contribution in [-0.2, 0) is 16.0 Å². The topological polar surface area (TPSA) is 54.7 Å². The standard InChI is InChI=1S/C17H19ClN2O3/c18-14-4-1-5-15(17(14)20-8-11-22-12-9-20)19-16(21)7-6-13-3-2-10-23-13/h1-5,10H,6-9,11-12H2,(H,19,21). The van der Waals surface area contributed by atoms with Crippen LogP contribution in [0.15, 0.2) is 41.0 Å². The molecule has 0 unspecified atom stereocenters. The molecule has 3 rings (SSSR count). The number of ether oxygens (including phenoxy) is 1. The molecule has 1 aromatic heterocycles. The largest absolute Gasteiger partial charge is 0.469 e. The third-order valence-electron chi connectivity index (χ3n) is 3.77. The maximum Gasteiger partial charge on any atom is 0.224 e. The minimum atomic E-state index is -0.0572. The Kier molecular flexibility index (Phi) is 5.20. The highest BCUT2D eigenvalue weighted by Gasteiger charge is 2.19. The van der Waals surface area contributed by atoms with Gasteiger partial charge in [-0.15, -0.1) is 0 Å². The van der Waals surface area contributed by atoms with Gasteiger partial charge in [0.25, 0.3) is 0 Å². The van der Waals surface area contributed by atoms with Crippen molar-refractivity contribution >= 4 is 28.9 Å². The van der Waals surface area contributed by atoms with Gasteiger partial charge in [-0.25, -0.2) is 0 Å². The molecule has 0 atom stereocenters. The zero-order valence-corrected chi connectivity index (χ0v) is 13.5. The lowest BCUT2D eigenvalue weighted by molar-refractivity contribution is -0.116. The maximum absolute atomic E-state index is 12.2. The van der Waals surface area contributed by atoms with E-state index in [0.717, 1.165) is 30.2 Å². The van der Waals surface area contributed by atoms with Crippen LogP contribution in [-0.4, -0.2) is 32.2 Å². The van der Waals surface area contributed by atoms with E-state index in [-0.39, 0.29) is 5.91 Å². The van der Waals surface area contributed by atoms with Crippen molar-refractivity contribution in [2.75, 3.05) is 36.5 Å². The van der Waals surface area contributed by atoms with E-state index in [1.807, 2.05) is 30.3 Å². The van der Waals surface area contributed by atoms with Crippen LogP contribution in [0, 0.1) is 0 Å². The van der Waals surface area contributed by atoms with Gasteiger partial charge in [-0.3, -0.25) is 4.79 Å². The Morgan fingerprint density at radius 3 is 2.78 bits per heavy atom. The first-order chi connectivity index (χ1) is 11.2. The molecule has 122 valence electrons. The third-order valence-corrected chi connectivity index (χ3v) is 4.07. The van der Waals surface area contributed by atoms with Gasteiger partial charge in [0.2, 0.25) is 5.91 Å². The fourth-order valence-electron chi connectivity index (χ4n) is 2.63. The number of anilines is 2. The molecule has 1 saturated heterocycles. The van der Waals surface area contributed by atoms with E-state index < -0.39 is 0 Å². The number of nitrogens with one attached hydrogen (secondary N) is 1. The van der Waals surface area contributed by atoms with E-state index in [1.54, 1.807) is 6.26 Å². The van der Waals surface area contributed by atoms with Crippen molar-refractivity contribution in [1.82, 2.24) is 0 Å². The van der Waals surface area contributed by atoms with Gasteiger partial charge < -0.3 is 19.4 Å². The number of furan rings is 1. The summed E-state index contributed by atoms with van der Waals surface area (Å²) < 4.78 is 10.6. The van der Waals surface area contributed by atoms with E-state index in [2.05, 4.69) is 10.2 Å². The van der Waals surface area contributed by atoms with E-state index in [4.69, 9.17) is 20.8 Å². The summed E-state index contributed by atoms with van der Waals surface area (Å²) in [6.07, 6.45) is 2.55. The van der Waals surface area contributed by atoms with Crippen molar-refractivity contribution in [1.29, 1.82) is 0 Å². The number of amides is 1. The van der Waals surface area contributed by atoms with Crippen LogP contribution < -0.4 is 10.2 Å². The average Bonchev–Trinajstić information content (AvgIpc) is 3.07. The van der Waals surface area contributed by atoms with Gasteiger partial charge in [0, 0.05) is 25.9 Å². The lowest BCUT2D eigenvalue weighted by Gasteiger charge is -2.31. The number of benzene rings is 1. The molecule has 0 saturated carbocycles. The number of halogens is 1. The lowest BCUT2D eigenvalue weighted by Crippen LogP contribution is -2.37. The number of carbonyl (C=O) groups is 1. The summed E-state index contributed by atoms with van der Waals surface area (Å²) in [5, 5.41) is 3.60. The van der Waals surface area contributed by atoms with Gasteiger partial charge in [-0.1, -0.05) is 17.7 Å². The SMILES string of the molecule is O=C(CCc1ccco1)Nc1cccc(Cl)c1N1CCOCC1. The number of hydrogen-bond donors (Lipinski definition) is 1. The summed E-state index contributed by atoms with van der Waals surface area (Å²) in [7, 11) is 0. The molecule has 0 aliphatic carbocycles. The molecule has 1 aromatic carbocycles. The Labute approximate surface area is 140 Å². The van der Waals surface area contributed by atoms with Gasteiger partial charge in [-0.05, 0) is 24.3 Å². The first-order valence-electron chi connectivity index (χ1n) is 7.67. The molecule has 1 N–H and O–H groups in total. The minimum absolute atomic E-state index is 0.0572. The molecule has 2 aromatic rings. The normalized spacial score (nSPS) is 14.7. The summed E-state index contributed by atoms with van der Waals surface area (Å²) in [5.74, 6) is 0.748. The highest BCUT2D eigenvalue weighted by Crippen LogP contribution is 2.34. The van der Waals surface area contributed by atoms with Crippen molar-refractivity contribution in [2.45, 2.75) is 12.8 Å². The van der Waals surface area contributed by atoms with Crippen LogP contribution >= 0.6 is 11.6 Å². The zero-order chi connectivity index (χ0) is 16.1. The monoisotopic (exact) mass is 334 g/mol. The van der Waals surface area contributed by atoms with Crippen LogP contribution in [0.4, 0.5) is 11.4 Å². The van der Waals surface area contributed by atoms with Gasteiger partial charge in [0.1, 0.15) is 5.76 Å². The highest BCUT2D eigenvalue weighted by molar-refractivity contribution is 6.34. The van der Waals surface area contributed by atoms with Crippen molar-refractivity contribution in [3.63, 3.8) is 0 Å². The predicted octanol–water partition coefficient (Wildman–Crippen LogP) is 3.34. The van der Waals surface area contributed by atoms with Crippen LogP contribution in [0.3, 0.4) is 0 Å². The number of para-hydroxylation sites is 1. The predicted molar refractivity (Wildman–Crippen MR) is 90.1 cm³/mol. The summed E-state index contributed by atoms with van der Waals surface area (Å²) in [6.45, 7) is 2.85. The molecular formula is C17H19ClN2O3. The molecular weight excluding hydrogens is 316 g/mol. The van der Waals surface area contributed by atoms with E-state index in [9.17, 15) is 4.79 Å². The molecule has 1 aliphatic heterocycles. The van der Waals surface area contributed by atoms with Crippen molar-refractivity contribution in [2.24, 2.45) is 0 Å². The molecule has 23 heavy (non-hydrogen) atoms. The molecule has 1 amide bonds. The van der Waals surface area contributed by atoms with Gasteiger partial charge in [0.15, 0.2) is 0 Å². The summed E-state index contributed by atoms with van der Waals surface area (Å²) in [5.41, 5.74) is 1.60. The second-order valence-electron chi connectivity index (χ2n) is 5.36. The fraction of sp³-hybridized carbons (Fsp3) is 0.353. The average molecular weight is 335 g/mol. The second kappa shape index (κ2) is 7.53. The Balaban J connectivity index is 1.69. The number of morpholine rings is 1.